The molecule has 0 aliphatic heterocycles. The molecule has 0 spiro atoms. The molecule has 0 radical (unpaired) electrons. The summed E-state index contributed by atoms with van der Waals surface area (Å²) >= 11 is 0. The number of ether oxygens (including phenoxy) is 1. The third kappa shape index (κ3) is 6.34. The van der Waals surface area contributed by atoms with Gasteiger partial charge < -0.3 is 10.1 Å². The quantitative estimate of drug-likeness (QED) is 0.548. The van der Waals surface area contributed by atoms with E-state index in [0.29, 0.717) is 5.56 Å². The van der Waals surface area contributed by atoms with Crippen LogP contribution >= 0.6 is 0 Å². The highest BCUT2D eigenvalue weighted by Crippen LogP contribution is 2.20. The van der Waals surface area contributed by atoms with Gasteiger partial charge in [0.15, 0.2) is 22.2 Å². The van der Waals surface area contributed by atoms with Gasteiger partial charge in [-0.05, 0) is 12.1 Å². The van der Waals surface area contributed by atoms with Crippen LogP contribution in [0.25, 0.3) is 0 Å². The van der Waals surface area contributed by atoms with Crippen LogP contribution in [0.5, 0.6) is 0 Å². The maximum atomic E-state index is 11.9. The van der Waals surface area contributed by atoms with Crippen LogP contribution in [0, 0.1) is 0 Å². The highest BCUT2D eigenvalue weighted by Gasteiger charge is 2.16. The second-order valence-electron chi connectivity index (χ2n) is 5.77. The van der Waals surface area contributed by atoms with Gasteiger partial charge >= 0.3 is 5.97 Å². The summed E-state index contributed by atoms with van der Waals surface area (Å²) in [4.78, 5) is 35.5. The number of anilines is 1. The Bertz CT molecular complexity index is 938. The fraction of sp³-hybridized carbons (Fsp3) is 0.211. The van der Waals surface area contributed by atoms with Crippen LogP contribution in [0.4, 0.5) is 5.69 Å². The van der Waals surface area contributed by atoms with Crippen molar-refractivity contribution in [2.75, 3.05) is 18.2 Å². The van der Waals surface area contributed by atoms with Gasteiger partial charge in [0.1, 0.15) is 0 Å². The number of amides is 1. The van der Waals surface area contributed by atoms with Crippen LogP contribution < -0.4 is 5.32 Å². The zero-order valence-electron chi connectivity index (χ0n) is 14.7. The molecule has 1 amide bonds. The monoisotopic (exact) mass is 389 g/mol. The maximum Gasteiger partial charge on any atom is 0.306 e. The molecule has 1 N–H and O–H groups in total. The second-order valence-corrected chi connectivity index (χ2v) is 7.75. The van der Waals surface area contributed by atoms with Gasteiger partial charge in [0.2, 0.25) is 0 Å². The van der Waals surface area contributed by atoms with Crippen molar-refractivity contribution in [3.05, 3.63) is 60.2 Å². The molecule has 0 saturated carbocycles. The Kier molecular flexibility index (Phi) is 6.84. The summed E-state index contributed by atoms with van der Waals surface area (Å²) in [5, 5.41) is 2.40. The minimum Gasteiger partial charge on any atom is -0.456 e. The van der Waals surface area contributed by atoms with Crippen molar-refractivity contribution in [2.45, 2.75) is 17.7 Å². The molecule has 8 heteroatoms. The average molecular weight is 389 g/mol. The number of Topliss-reactive ketones (excluding diaryl/α,β-unsaturated/α-hetero) is 1. The summed E-state index contributed by atoms with van der Waals surface area (Å²) in [5.74, 6) is -1.56. The molecule has 0 heterocycles. The minimum absolute atomic E-state index is 0.0264. The van der Waals surface area contributed by atoms with Crippen LogP contribution in [-0.4, -0.2) is 38.9 Å². The Labute approximate surface area is 157 Å². The van der Waals surface area contributed by atoms with Gasteiger partial charge in [0, 0.05) is 18.2 Å². The van der Waals surface area contributed by atoms with E-state index in [1.54, 1.807) is 36.4 Å². The Morgan fingerprint density at radius 2 is 1.56 bits per heavy atom. The van der Waals surface area contributed by atoms with Crippen molar-refractivity contribution in [3.8, 4) is 0 Å². The lowest BCUT2D eigenvalue weighted by molar-refractivity contribution is -0.147. The number of esters is 1. The molecular formula is C19H19NO6S. The first-order valence-corrected chi connectivity index (χ1v) is 9.99. The molecule has 0 aliphatic carbocycles. The predicted molar refractivity (Wildman–Crippen MR) is 99.1 cm³/mol. The molecule has 0 fully saturated rings. The number of carbonyl (C=O) groups excluding carboxylic acids is 3. The molecule has 0 unspecified atom stereocenters. The SMILES string of the molecule is CS(=O)(=O)c1ccccc1NC(=O)COC(=O)CCC(=O)c1ccccc1. The number of rotatable bonds is 8. The van der Waals surface area contributed by atoms with E-state index >= 15 is 0 Å². The summed E-state index contributed by atoms with van der Waals surface area (Å²) in [6.45, 7) is -0.573. The molecule has 0 atom stereocenters. The lowest BCUT2D eigenvalue weighted by Gasteiger charge is -2.10. The number of benzene rings is 2. The summed E-state index contributed by atoms with van der Waals surface area (Å²) in [6.07, 6.45) is 0.851. The van der Waals surface area contributed by atoms with Crippen LogP contribution in [-0.2, 0) is 24.2 Å². The minimum atomic E-state index is -3.51. The first-order valence-electron chi connectivity index (χ1n) is 8.10. The average Bonchev–Trinajstić information content (AvgIpc) is 2.64. The van der Waals surface area contributed by atoms with E-state index < -0.39 is 28.3 Å². The van der Waals surface area contributed by atoms with Gasteiger partial charge in [-0.25, -0.2) is 8.42 Å². The molecule has 7 nitrogen and oxygen atoms in total. The number of carbonyl (C=O) groups is 3. The van der Waals surface area contributed by atoms with Crippen molar-refractivity contribution in [1.82, 2.24) is 0 Å². The summed E-state index contributed by atoms with van der Waals surface area (Å²) in [6, 6.07) is 14.5. The first kappa shape index (κ1) is 20.3. The van der Waals surface area contributed by atoms with Crippen LogP contribution in [0.15, 0.2) is 59.5 Å². The molecule has 2 rings (SSSR count). The van der Waals surface area contributed by atoms with E-state index in [1.165, 1.54) is 18.2 Å². The number of hydrogen-bond donors (Lipinski definition) is 1. The van der Waals surface area contributed by atoms with Crippen molar-refractivity contribution in [2.24, 2.45) is 0 Å². The Hall–Kier alpha value is -3.00. The zero-order chi connectivity index (χ0) is 19.9. The third-order valence-corrected chi connectivity index (χ3v) is 4.73. The molecule has 2 aromatic rings. The number of para-hydroxylation sites is 1. The molecule has 0 bridgehead atoms. The van der Waals surface area contributed by atoms with Gasteiger partial charge in [-0.15, -0.1) is 0 Å². The number of hydrogen-bond acceptors (Lipinski definition) is 6. The topological polar surface area (TPSA) is 107 Å². The molecule has 2 aromatic carbocycles. The first-order chi connectivity index (χ1) is 12.8. The Morgan fingerprint density at radius 3 is 2.22 bits per heavy atom. The molecular weight excluding hydrogens is 370 g/mol. The predicted octanol–water partition coefficient (Wildman–Crippen LogP) is 2.23. The Morgan fingerprint density at radius 1 is 0.926 bits per heavy atom. The van der Waals surface area contributed by atoms with Gasteiger partial charge in [-0.1, -0.05) is 42.5 Å². The van der Waals surface area contributed by atoms with Crippen LogP contribution in [0.3, 0.4) is 0 Å². The van der Waals surface area contributed by atoms with Crippen molar-refractivity contribution in [3.63, 3.8) is 0 Å². The molecule has 0 aromatic heterocycles. The van der Waals surface area contributed by atoms with Gasteiger partial charge in [-0.3, -0.25) is 14.4 Å². The van der Waals surface area contributed by atoms with Gasteiger partial charge in [0.05, 0.1) is 17.0 Å². The summed E-state index contributed by atoms with van der Waals surface area (Å²) < 4.78 is 28.2. The second kappa shape index (κ2) is 9.09. The van der Waals surface area contributed by atoms with Crippen LogP contribution in [0.1, 0.15) is 23.2 Å². The van der Waals surface area contributed by atoms with E-state index in [4.69, 9.17) is 4.74 Å². The van der Waals surface area contributed by atoms with E-state index in [0.717, 1.165) is 6.26 Å². The fourth-order valence-electron chi connectivity index (χ4n) is 2.28. The Balaban J connectivity index is 1.82. The fourth-order valence-corrected chi connectivity index (χ4v) is 3.13. The van der Waals surface area contributed by atoms with Crippen LogP contribution in [0.2, 0.25) is 0 Å². The number of sulfone groups is 1. The van der Waals surface area contributed by atoms with E-state index in [2.05, 4.69) is 5.32 Å². The van der Waals surface area contributed by atoms with E-state index in [-0.39, 0.29) is 29.2 Å². The standard InChI is InChI=1S/C19H19NO6S/c1-27(24,25)17-10-6-5-9-15(17)20-18(22)13-26-19(23)12-11-16(21)14-7-3-2-4-8-14/h2-10H,11-13H2,1H3,(H,20,22). The zero-order valence-corrected chi connectivity index (χ0v) is 15.5. The van der Waals surface area contributed by atoms with E-state index in [9.17, 15) is 22.8 Å². The molecule has 0 aliphatic rings. The lowest BCUT2D eigenvalue weighted by atomic mass is 10.1. The number of ketones is 1. The summed E-state index contributed by atoms with van der Waals surface area (Å²) in [7, 11) is -3.51. The van der Waals surface area contributed by atoms with E-state index in [1.807, 2.05) is 0 Å². The largest absolute Gasteiger partial charge is 0.456 e. The van der Waals surface area contributed by atoms with Crippen molar-refractivity contribution >= 4 is 33.2 Å². The normalized spacial score (nSPS) is 10.9. The van der Waals surface area contributed by atoms with Crippen molar-refractivity contribution < 1.29 is 27.5 Å². The third-order valence-electron chi connectivity index (χ3n) is 3.58. The highest BCUT2D eigenvalue weighted by molar-refractivity contribution is 7.90. The van der Waals surface area contributed by atoms with Gasteiger partial charge in [0.25, 0.3) is 5.91 Å². The summed E-state index contributed by atoms with van der Waals surface area (Å²) in [5.41, 5.74) is 0.612. The number of nitrogens with one attached hydrogen (secondary N) is 1. The molecule has 0 saturated heterocycles. The maximum absolute atomic E-state index is 11.9. The molecule has 142 valence electrons. The molecule has 27 heavy (non-hydrogen) atoms. The van der Waals surface area contributed by atoms with Crippen molar-refractivity contribution in [1.29, 1.82) is 0 Å². The van der Waals surface area contributed by atoms with Gasteiger partial charge in [-0.2, -0.15) is 0 Å². The lowest BCUT2D eigenvalue weighted by Crippen LogP contribution is -2.22. The smallest absolute Gasteiger partial charge is 0.306 e. The highest BCUT2D eigenvalue weighted by atomic mass is 32.2.